The lowest BCUT2D eigenvalue weighted by molar-refractivity contribution is -0.141. The largest absolute Gasteiger partial charge is 0.480 e. The van der Waals surface area contributed by atoms with E-state index in [0.29, 0.717) is 25.4 Å². The summed E-state index contributed by atoms with van der Waals surface area (Å²) in [6, 6.07) is -0.954. The molecular formula is C13H22N2O4S. The Kier molecular flexibility index (Phi) is 5.15. The summed E-state index contributed by atoms with van der Waals surface area (Å²) in [5.74, 6) is 0.344. The number of carbonyl (C=O) groups excluding carboxylic acids is 1. The topological polar surface area (TPSA) is 78.9 Å². The maximum Gasteiger partial charge on any atom is 0.327 e. The van der Waals surface area contributed by atoms with Crippen LogP contribution in [0.15, 0.2) is 0 Å². The first kappa shape index (κ1) is 15.4. The molecule has 2 N–H and O–H groups in total. The van der Waals surface area contributed by atoms with E-state index in [1.165, 1.54) is 4.90 Å². The normalized spacial score (nSPS) is 24.2. The predicted octanol–water partition coefficient (Wildman–Crippen LogP) is 1.01. The van der Waals surface area contributed by atoms with Gasteiger partial charge in [-0.2, -0.15) is 11.8 Å². The van der Waals surface area contributed by atoms with Crippen LogP contribution in [0.25, 0.3) is 0 Å². The van der Waals surface area contributed by atoms with Crippen LogP contribution in [0, 0.1) is 5.41 Å². The minimum absolute atomic E-state index is 0.176. The Hall–Kier alpha value is -0.950. The van der Waals surface area contributed by atoms with Gasteiger partial charge in [0.1, 0.15) is 6.04 Å². The molecule has 2 rings (SSSR count). The van der Waals surface area contributed by atoms with Crippen molar-refractivity contribution < 1.29 is 19.4 Å². The number of amides is 2. The lowest BCUT2D eigenvalue weighted by atomic mass is 10.0. The average Bonchev–Trinajstić information content (AvgIpc) is 3.23. The number of carboxylic acid groups (broad SMARTS) is 1. The van der Waals surface area contributed by atoms with Crippen LogP contribution in [0.1, 0.15) is 19.3 Å². The minimum Gasteiger partial charge on any atom is -0.480 e. The summed E-state index contributed by atoms with van der Waals surface area (Å²) < 4.78 is 5.09. The number of carboxylic acids is 1. The van der Waals surface area contributed by atoms with Gasteiger partial charge in [0, 0.05) is 38.3 Å². The third-order valence-corrected chi connectivity index (χ3v) is 5.11. The third kappa shape index (κ3) is 3.79. The van der Waals surface area contributed by atoms with Gasteiger partial charge in [0.25, 0.3) is 0 Å². The van der Waals surface area contributed by atoms with Crippen molar-refractivity contribution in [3.05, 3.63) is 0 Å². The molecule has 2 fully saturated rings. The Bertz CT molecular complexity index is 373. The number of nitrogens with one attached hydrogen (secondary N) is 1. The van der Waals surface area contributed by atoms with Crippen LogP contribution in [-0.2, 0) is 9.53 Å². The molecule has 0 aromatic rings. The number of carbonyl (C=O) groups is 2. The van der Waals surface area contributed by atoms with Gasteiger partial charge < -0.3 is 20.1 Å². The molecular weight excluding hydrogens is 280 g/mol. The number of rotatable bonds is 6. The van der Waals surface area contributed by atoms with Gasteiger partial charge in [0.05, 0.1) is 0 Å². The van der Waals surface area contributed by atoms with Gasteiger partial charge in [0.2, 0.25) is 0 Å². The minimum atomic E-state index is -0.923. The van der Waals surface area contributed by atoms with Gasteiger partial charge in [-0.25, -0.2) is 9.59 Å². The molecule has 0 bridgehead atoms. The predicted molar refractivity (Wildman–Crippen MR) is 77.0 cm³/mol. The molecule has 7 heteroatoms. The lowest BCUT2D eigenvalue weighted by Crippen LogP contribution is -2.54. The highest BCUT2D eigenvalue weighted by atomic mass is 32.2. The molecule has 0 radical (unpaired) electrons. The van der Waals surface area contributed by atoms with E-state index in [0.717, 1.165) is 25.0 Å². The summed E-state index contributed by atoms with van der Waals surface area (Å²) in [7, 11) is 1.68. The van der Waals surface area contributed by atoms with E-state index < -0.39 is 12.0 Å². The summed E-state index contributed by atoms with van der Waals surface area (Å²) in [5.41, 5.74) is 0.176. The smallest absolute Gasteiger partial charge is 0.327 e. The van der Waals surface area contributed by atoms with E-state index in [4.69, 9.17) is 9.84 Å². The van der Waals surface area contributed by atoms with Crippen molar-refractivity contribution in [1.82, 2.24) is 10.2 Å². The van der Waals surface area contributed by atoms with Crippen LogP contribution in [0.3, 0.4) is 0 Å². The number of hydrogen-bond acceptors (Lipinski definition) is 4. The summed E-state index contributed by atoms with van der Waals surface area (Å²) >= 11 is 1.58. The van der Waals surface area contributed by atoms with E-state index in [2.05, 4.69) is 5.32 Å². The second kappa shape index (κ2) is 6.67. The molecule has 1 saturated heterocycles. The fourth-order valence-corrected chi connectivity index (χ4v) is 3.46. The van der Waals surface area contributed by atoms with Crippen molar-refractivity contribution in [2.75, 3.05) is 38.3 Å². The number of nitrogens with zero attached hydrogens (tertiary/aromatic N) is 1. The van der Waals surface area contributed by atoms with E-state index >= 15 is 0 Å². The van der Waals surface area contributed by atoms with Crippen molar-refractivity contribution in [2.24, 2.45) is 5.41 Å². The zero-order chi connectivity index (χ0) is 14.6. The fraction of sp³-hybridized carbons (Fsp3) is 0.846. The summed E-state index contributed by atoms with van der Waals surface area (Å²) in [4.78, 5) is 24.8. The van der Waals surface area contributed by atoms with Crippen LogP contribution >= 0.6 is 11.8 Å². The van der Waals surface area contributed by atoms with Crippen molar-refractivity contribution in [1.29, 1.82) is 0 Å². The van der Waals surface area contributed by atoms with Crippen molar-refractivity contribution in [2.45, 2.75) is 25.3 Å². The molecule has 1 saturated carbocycles. The fourth-order valence-electron chi connectivity index (χ4n) is 2.43. The lowest BCUT2D eigenvalue weighted by Gasteiger charge is -2.33. The molecule has 114 valence electrons. The highest BCUT2D eigenvalue weighted by Crippen LogP contribution is 2.48. The van der Waals surface area contributed by atoms with Gasteiger partial charge in [-0.3, -0.25) is 0 Å². The molecule has 1 atom stereocenters. The second-order valence-electron chi connectivity index (χ2n) is 5.52. The molecule has 20 heavy (non-hydrogen) atoms. The molecule has 1 aliphatic heterocycles. The summed E-state index contributed by atoms with van der Waals surface area (Å²) in [6.07, 6.45) is 3.16. The SMILES string of the molecule is COCCC1(CNC(=O)N2CCSCC2C(=O)O)CC1. The second-order valence-corrected chi connectivity index (χ2v) is 6.67. The number of thioether (sulfide) groups is 1. The van der Waals surface area contributed by atoms with Gasteiger partial charge in [-0.1, -0.05) is 0 Å². The number of methoxy groups -OCH3 is 1. The molecule has 1 unspecified atom stereocenters. The van der Waals surface area contributed by atoms with Crippen LogP contribution < -0.4 is 5.32 Å². The van der Waals surface area contributed by atoms with Gasteiger partial charge >= 0.3 is 12.0 Å². The van der Waals surface area contributed by atoms with E-state index in [1.54, 1.807) is 18.9 Å². The van der Waals surface area contributed by atoms with Gasteiger partial charge in [-0.15, -0.1) is 0 Å². The zero-order valence-corrected chi connectivity index (χ0v) is 12.6. The van der Waals surface area contributed by atoms with E-state index in [9.17, 15) is 9.59 Å². The Morgan fingerprint density at radius 2 is 2.25 bits per heavy atom. The number of aliphatic carboxylic acids is 1. The first-order valence-corrected chi connectivity index (χ1v) is 8.07. The highest BCUT2D eigenvalue weighted by molar-refractivity contribution is 7.99. The molecule has 0 spiro atoms. The van der Waals surface area contributed by atoms with Crippen LogP contribution in [0.5, 0.6) is 0 Å². The van der Waals surface area contributed by atoms with Crippen molar-refractivity contribution in [3.63, 3.8) is 0 Å². The van der Waals surface area contributed by atoms with Crippen molar-refractivity contribution in [3.8, 4) is 0 Å². The van der Waals surface area contributed by atoms with Gasteiger partial charge in [-0.05, 0) is 24.7 Å². The maximum absolute atomic E-state index is 12.2. The molecule has 6 nitrogen and oxygen atoms in total. The molecule has 1 heterocycles. The summed E-state index contributed by atoms with van der Waals surface area (Å²) in [6.45, 7) is 1.82. The number of hydrogen-bond donors (Lipinski definition) is 2. The standard InChI is InChI=1S/C13H22N2O4S/c1-19-6-4-13(2-3-13)9-14-12(18)15-5-7-20-8-10(15)11(16)17/h10H,2-9H2,1H3,(H,14,18)(H,16,17). The molecule has 2 aliphatic rings. The summed E-state index contributed by atoms with van der Waals surface area (Å²) in [5, 5.41) is 12.1. The first-order chi connectivity index (χ1) is 9.58. The molecule has 0 aromatic heterocycles. The Morgan fingerprint density at radius 3 is 2.85 bits per heavy atom. The van der Waals surface area contributed by atoms with Crippen LogP contribution in [0.4, 0.5) is 4.79 Å². The van der Waals surface area contributed by atoms with Crippen molar-refractivity contribution >= 4 is 23.8 Å². The number of urea groups is 1. The molecule has 1 aliphatic carbocycles. The highest BCUT2D eigenvalue weighted by Gasteiger charge is 2.43. The number of ether oxygens (including phenoxy) is 1. The van der Waals surface area contributed by atoms with Crippen LogP contribution in [-0.4, -0.2) is 66.4 Å². The zero-order valence-electron chi connectivity index (χ0n) is 11.8. The Labute approximate surface area is 123 Å². The quantitative estimate of drug-likeness (QED) is 0.766. The third-order valence-electron chi connectivity index (χ3n) is 4.08. The Balaban J connectivity index is 1.83. The monoisotopic (exact) mass is 302 g/mol. The van der Waals surface area contributed by atoms with Crippen LogP contribution in [0.2, 0.25) is 0 Å². The molecule has 2 amide bonds. The average molecular weight is 302 g/mol. The molecule has 0 aromatic carbocycles. The maximum atomic E-state index is 12.2. The Morgan fingerprint density at radius 1 is 1.50 bits per heavy atom. The van der Waals surface area contributed by atoms with E-state index in [-0.39, 0.29) is 11.4 Å². The van der Waals surface area contributed by atoms with E-state index in [1.807, 2.05) is 0 Å². The first-order valence-electron chi connectivity index (χ1n) is 6.92. The van der Waals surface area contributed by atoms with Gasteiger partial charge in [0.15, 0.2) is 0 Å².